The van der Waals surface area contributed by atoms with Crippen LogP contribution in [0, 0.1) is 0 Å². The lowest BCUT2D eigenvalue weighted by molar-refractivity contribution is 0.239. The van der Waals surface area contributed by atoms with E-state index >= 15 is 0 Å². The van der Waals surface area contributed by atoms with Crippen molar-refractivity contribution in [2.75, 3.05) is 32.1 Å². The molecule has 1 aliphatic heterocycles. The fraction of sp³-hybridized carbons (Fsp3) is 0.348. The molecule has 31 heavy (non-hydrogen) atoms. The van der Waals surface area contributed by atoms with Gasteiger partial charge in [0, 0.05) is 38.8 Å². The van der Waals surface area contributed by atoms with E-state index in [1.165, 1.54) is 11.1 Å². The molecule has 0 aliphatic carbocycles. The molecule has 0 unspecified atom stereocenters. The molecular weight excluding hydrogens is 455 g/mol. The van der Waals surface area contributed by atoms with E-state index in [1.54, 1.807) is 16.8 Å². The highest BCUT2D eigenvalue weighted by Crippen LogP contribution is 2.39. The van der Waals surface area contributed by atoms with Crippen LogP contribution < -0.4 is 9.64 Å². The first-order valence-corrected chi connectivity index (χ1v) is 11.4. The van der Waals surface area contributed by atoms with Crippen molar-refractivity contribution in [1.82, 2.24) is 14.7 Å². The molecule has 8 heteroatoms. The second-order valence-electron chi connectivity index (χ2n) is 7.79. The molecule has 2 heterocycles. The summed E-state index contributed by atoms with van der Waals surface area (Å²) < 4.78 is 7.71. The van der Waals surface area contributed by atoms with Crippen LogP contribution in [-0.2, 0) is 19.5 Å². The molecule has 5 nitrogen and oxygen atoms in total. The van der Waals surface area contributed by atoms with E-state index in [2.05, 4.69) is 29.2 Å². The van der Waals surface area contributed by atoms with Crippen molar-refractivity contribution in [2.45, 2.75) is 26.4 Å². The third kappa shape index (κ3) is 4.51. The van der Waals surface area contributed by atoms with Gasteiger partial charge in [-0.1, -0.05) is 59.1 Å². The number of fused-ring (bicyclic) bond motifs is 1. The minimum Gasteiger partial charge on any atom is -0.477 e. The minimum absolute atomic E-state index is 0.435. The Kier molecular flexibility index (Phi) is 6.68. The molecule has 0 spiro atoms. The second-order valence-corrected chi connectivity index (χ2v) is 9.04. The number of ether oxygens (including phenoxy) is 1. The topological polar surface area (TPSA) is 33.5 Å². The summed E-state index contributed by atoms with van der Waals surface area (Å²) >= 11 is 19.2. The lowest BCUT2D eigenvalue weighted by atomic mass is 9.99. The van der Waals surface area contributed by atoms with Gasteiger partial charge in [-0.05, 0) is 36.6 Å². The SMILES string of the molecule is CCOc1nn(-c2c(Cl)cc(Cl)cc2Cl)c(N(C)C)c1CN1CCc2ccccc2C1. The predicted octanol–water partition coefficient (Wildman–Crippen LogP) is 5.86. The number of hydrogen-bond donors (Lipinski definition) is 0. The van der Waals surface area contributed by atoms with Gasteiger partial charge in [-0.25, -0.2) is 4.68 Å². The molecule has 0 saturated carbocycles. The van der Waals surface area contributed by atoms with Gasteiger partial charge >= 0.3 is 0 Å². The van der Waals surface area contributed by atoms with Gasteiger partial charge in [0.05, 0.1) is 22.2 Å². The molecule has 0 radical (unpaired) electrons. The van der Waals surface area contributed by atoms with Gasteiger partial charge in [0.25, 0.3) is 0 Å². The smallest absolute Gasteiger partial charge is 0.240 e. The van der Waals surface area contributed by atoms with E-state index < -0.39 is 0 Å². The van der Waals surface area contributed by atoms with Crippen molar-refractivity contribution in [2.24, 2.45) is 0 Å². The van der Waals surface area contributed by atoms with Gasteiger partial charge < -0.3 is 9.64 Å². The molecule has 4 rings (SSSR count). The van der Waals surface area contributed by atoms with Crippen LogP contribution in [0.25, 0.3) is 5.69 Å². The number of hydrogen-bond acceptors (Lipinski definition) is 4. The Bertz CT molecular complexity index is 1070. The van der Waals surface area contributed by atoms with Crippen LogP contribution in [0.15, 0.2) is 36.4 Å². The number of halogens is 3. The van der Waals surface area contributed by atoms with Crippen LogP contribution in [0.3, 0.4) is 0 Å². The normalized spacial score (nSPS) is 13.9. The van der Waals surface area contributed by atoms with Crippen molar-refractivity contribution in [3.63, 3.8) is 0 Å². The Morgan fingerprint density at radius 3 is 2.39 bits per heavy atom. The molecule has 1 aromatic heterocycles. The maximum Gasteiger partial charge on any atom is 0.240 e. The number of anilines is 1. The highest BCUT2D eigenvalue weighted by atomic mass is 35.5. The summed E-state index contributed by atoms with van der Waals surface area (Å²) in [7, 11) is 3.96. The molecule has 164 valence electrons. The Morgan fingerprint density at radius 2 is 1.74 bits per heavy atom. The van der Waals surface area contributed by atoms with Gasteiger partial charge in [-0.15, -0.1) is 5.10 Å². The van der Waals surface area contributed by atoms with Gasteiger partial charge in [0.1, 0.15) is 11.5 Å². The van der Waals surface area contributed by atoms with Crippen molar-refractivity contribution in [3.05, 3.63) is 68.2 Å². The monoisotopic (exact) mass is 478 g/mol. The van der Waals surface area contributed by atoms with E-state index in [9.17, 15) is 0 Å². The molecule has 3 aromatic rings. The third-order valence-electron chi connectivity index (χ3n) is 5.41. The van der Waals surface area contributed by atoms with Crippen LogP contribution in [0.5, 0.6) is 5.88 Å². The Labute approximate surface area is 198 Å². The van der Waals surface area contributed by atoms with Crippen LogP contribution in [0.2, 0.25) is 15.1 Å². The number of aromatic nitrogens is 2. The molecule has 0 atom stereocenters. The van der Waals surface area contributed by atoms with E-state index in [-0.39, 0.29) is 0 Å². The predicted molar refractivity (Wildman–Crippen MR) is 128 cm³/mol. The van der Waals surface area contributed by atoms with Gasteiger partial charge in [-0.3, -0.25) is 4.90 Å². The first kappa shape index (κ1) is 22.3. The summed E-state index contributed by atoms with van der Waals surface area (Å²) in [6, 6.07) is 12.0. The summed E-state index contributed by atoms with van der Waals surface area (Å²) in [6.07, 6.45) is 1.03. The first-order chi connectivity index (χ1) is 14.9. The first-order valence-electron chi connectivity index (χ1n) is 10.2. The molecule has 0 amide bonds. The van der Waals surface area contributed by atoms with Gasteiger partial charge in [-0.2, -0.15) is 0 Å². The maximum atomic E-state index is 6.53. The molecular formula is C23H25Cl3N4O. The summed E-state index contributed by atoms with van der Waals surface area (Å²) in [5.41, 5.74) is 4.39. The number of rotatable bonds is 6. The van der Waals surface area contributed by atoms with E-state index in [0.29, 0.717) is 39.8 Å². The van der Waals surface area contributed by atoms with Crippen molar-refractivity contribution >= 4 is 40.6 Å². The van der Waals surface area contributed by atoms with Crippen LogP contribution in [0.4, 0.5) is 5.82 Å². The van der Waals surface area contributed by atoms with E-state index in [0.717, 1.165) is 30.9 Å². The molecule has 1 aliphatic rings. The average Bonchev–Trinajstić information content (AvgIpc) is 3.05. The van der Waals surface area contributed by atoms with E-state index in [1.807, 2.05) is 25.9 Å². The Balaban J connectivity index is 1.77. The summed E-state index contributed by atoms with van der Waals surface area (Å²) in [4.78, 5) is 4.44. The quantitative estimate of drug-likeness (QED) is 0.444. The Hall–Kier alpha value is -1.92. The standard InChI is InChI=1S/C23H25Cl3N4O/c1-4-31-22-18(14-29-10-9-15-7-5-6-8-16(15)13-29)23(28(2)3)30(27-22)21-19(25)11-17(24)12-20(21)26/h5-8,11-12H,4,9-10,13-14H2,1-3H3. The van der Waals surface area contributed by atoms with Crippen molar-refractivity contribution in [3.8, 4) is 11.6 Å². The van der Waals surface area contributed by atoms with E-state index in [4.69, 9.17) is 44.6 Å². The highest BCUT2D eigenvalue weighted by molar-refractivity contribution is 6.40. The summed E-state index contributed by atoms with van der Waals surface area (Å²) in [5, 5.41) is 6.12. The maximum absolute atomic E-state index is 6.53. The molecule has 0 fully saturated rings. The molecule has 0 N–H and O–H groups in total. The second kappa shape index (κ2) is 9.29. The van der Waals surface area contributed by atoms with Crippen LogP contribution in [0.1, 0.15) is 23.6 Å². The summed E-state index contributed by atoms with van der Waals surface area (Å²) in [6.45, 7) is 5.05. The average molecular weight is 480 g/mol. The van der Waals surface area contributed by atoms with Gasteiger partial charge in [0.2, 0.25) is 5.88 Å². The van der Waals surface area contributed by atoms with Crippen LogP contribution >= 0.6 is 34.8 Å². The molecule has 0 bridgehead atoms. The number of nitrogens with zero attached hydrogens (tertiary/aromatic N) is 4. The third-order valence-corrected chi connectivity index (χ3v) is 6.20. The fourth-order valence-electron chi connectivity index (χ4n) is 4.08. The van der Waals surface area contributed by atoms with Crippen molar-refractivity contribution < 1.29 is 4.74 Å². The largest absolute Gasteiger partial charge is 0.477 e. The lowest BCUT2D eigenvalue weighted by Gasteiger charge is -2.29. The summed E-state index contributed by atoms with van der Waals surface area (Å²) in [5.74, 6) is 1.47. The zero-order valence-corrected chi connectivity index (χ0v) is 20.1. The number of benzene rings is 2. The lowest BCUT2D eigenvalue weighted by Crippen LogP contribution is -2.30. The van der Waals surface area contributed by atoms with Crippen LogP contribution in [-0.4, -0.2) is 41.9 Å². The highest BCUT2D eigenvalue weighted by Gasteiger charge is 2.27. The fourth-order valence-corrected chi connectivity index (χ4v) is 5.06. The molecule has 2 aromatic carbocycles. The Morgan fingerprint density at radius 1 is 1.06 bits per heavy atom. The molecule has 0 saturated heterocycles. The zero-order valence-electron chi connectivity index (χ0n) is 17.8. The zero-order chi connectivity index (χ0) is 22.1. The minimum atomic E-state index is 0.435. The van der Waals surface area contributed by atoms with Gasteiger partial charge in [0.15, 0.2) is 0 Å². The van der Waals surface area contributed by atoms with Crippen molar-refractivity contribution in [1.29, 1.82) is 0 Å².